The van der Waals surface area contributed by atoms with Gasteiger partial charge >= 0.3 is 5.97 Å². The second-order valence-electron chi connectivity index (χ2n) is 3.65. The molecule has 0 saturated heterocycles. The fourth-order valence-corrected chi connectivity index (χ4v) is 1.55. The minimum atomic E-state index is -1.14. The zero-order valence-corrected chi connectivity index (χ0v) is 8.99. The number of aryl methyl sites for hydroxylation is 1. The summed E-state index contributed by atoms with van der Waals surface area (Å²) in [6, 6.07) is 0. The number of aromatic nitrogens is 2. The van der Waals surface area contributed by atoms with Gasteiger partial charge in [-0.05, 0) is 18.8 Å². The van der Waals surface area contributed by atoms with Crippen LogP contribution in [0.2, 0.25) is 5.02 Å². The van der Waals surface area contributed by atoms with E-state index >= 15 is 0 Å². The molecule has 1 saturated carbocycles. The standard InChI is InChI=1S/C9H11ClN2O3/c1-12-8(15-4-5-2-3-5)6(10)7(11-12)9(13)14/h5H,2-4H2,1H3,(H,13,14). The van der Waals surface area contributed by atoms with Crippen molar-refractivity contribution < 1.29 is 14.6 Å². The zero-order valence-electron chi connectivity index (χ0n) is 8.23. The van der Waals surface area contributed by atoms with Gasteiger partial charge in [0.25, 0.3) is 0 Å². The van der Waals surface area contributed by atoms with Crippen molar-refractivity contribution in [3.8, 4) is 5.88 Å². The van der Waals surface area contributed by atoms with Crippen molar-refractivity contribution in [1.82, 2.24) is 9.78 Å². The van der Waals surface area contributed by atoms with Crippen LogP contribution < -0.4 is 4.74 Å². The first-order valence-corrected chi connectivity index (χ1v) is 5.06. The first kappa shape index (κ1) is 10.3. The minimum absolute atomic E-state index is 0.0747. The highest BCUT2D eigenvalue weighted by molar-refractivity contribution is 6.34. The molecule has 1 aromatic heterocycles. The summed E-state index contributed by atoms with van der Waals surface area (Å²) in [6.07, 6.45) is 2.34. The quantitative estimate of drug-likeness (QED) is 0.853. The summed E-state index contributed by atoms with van der Waals surface area (Å²) >= 11 is 5.84. The van der Waals surface area contributed by atoms with Crippen LogP contribution in [0.15, 0.2) is 0 Å². The molecule has 6 heteroatoms. The molecular weight excluding hydrogens is 220 g/mol. The molecule has 15 heavy (non-hydrogen) atoms. The number of carboxylic acid groups (broad SMARTS) is 1. The highest BCUT2D eigenvalue weighted by Gasteiger charge is 2.25. The number of carbonyl (C=O) groups is 1. The summed E-state index contributed by atoms with van der Waals surface area (Å²) < 4.78 is 6.78. The molecule has 0 radical (unpaired) electrons. The third-order valence-electron chi connectivity index (χ3n) is 2.29. The van der Waals surface area contributed by atoms with E-state index in [2.05, 4.69) is 5.10 Å². The highest BCUT2D eigenvalue weighted by atomic mass is 35.5. The summed E-state index contributed by atoms with van der Waals surface area (Å²) in [7, 11) is 1.61. The molecule has 1 heterocycles. The Hall–Kier alpha value is -1.23. The van der Waals surface area contributed by atoms with E-state index in [0.717, 1.165) is 0 Å². The Morgan fingerprint density at radius 3 is 2.87 bits per heavy atom. The van der Waals surface area contributed by atoms with E-state index in [4.69, 9.17) is 21.4 Å². The molecule has 0 aromatic carbocycles. The van der Waals surface area contributed by atoms with Gasteiger partial charge in [0.15, 0.2) is 5.69 Å². The van der Waals surface area contributed by atoms with Crippen LogP contribution in [0.4, 0.5) is 0 Å². The van der Waals surface area contributed by atoms with E-state index in [1.807, 2.05) is 0 Å². The van der Waals surface area contributed by atoms with Crippen molar-refractivity contribution in [2.24, 2.45) is 13.0 Å². The van der Waals surface area contributed by atoms with Crippen molar-refractivity contribution in [3.63, 3.8) is 0 Å². The molecule has 1 fully saturated rings. The number of nitrogens with zero attached hydrogens (tertiary/aromatic N) is 2. The lowest BCUT2D eigenvalue weighted by Gasteiger charge is -2.04. The van der Waals surface area contributed by atoms with Crippen molar-refractivity contribution in [3.05, 3.63) is 10.7 Å². The number of rotatable bonds is 4. The van der Waals surface area contributed by atoms with Crippen molar-refractivity contribution in [2.45, 2.75) is 12.8 Å². The molecule has 1 aliphatic carbocycles. The molecule has 0 amide bonds. The maximum absolute atomic E-state index is 10.7. The number of hydrogen-bond donors (Lipinski definition) is 1. The molecule has 2 rings (SSSR count). The average molecular weight is 231 g/mol. The van der Waals surface area contributed by atoms with Gasteiger partial charge in [-0.2, -0.15) is 5.10 Å². The highest BCUT2D eigenvalue weighted by Crippen LogP contribution is 2.32. The first-order chi connectivity index (χ1) is 7.09. The van der Waals surface area contributed by atoms with Crippen LogP contribution in [0, 0.1) is 5.92 Å². The number of carboxylic acids is 1. The Kier molecular flexibility index (Phi) is 2.56. The fraction of sp³-hybridized carbons (Fsp3) is 0.556. The van der Waals surface area contributed by atoms with Gasteiger partial charge in [0.2, 0.25) is 5.88 Å². The Balaban J connectivity index is 2.17. The second kappa shape index (κ2) is 3.73. The van der Waals surface area contributed by atoms with Crippen LogP contribution >= 0.6 is 11.6 Å². The van der Waals surface area contributed by atoms with E-state index < -0.39 is 5.97 Å². The lowest BCUT2D eigenvalue weighted by molar-refractivity contribution is 0.0690. The van der Waals surface area contributed by atoms with E-state index in [1.54, 1.807) is 7.05 Å². The van der Waals surface area contributed by atoms with Gasteiger partial charge in [-0.3, -0.25) is 0 Å². The molecule has 5 nitrogen and oxygen atoms in total. The second-order valence-corrected chi connectivity index (χ2v) is 4.03. The molecule has 0 aliphatic heterocycles. The Morgan fingerprint density at radius 1 is 1.73 bits per heavy atom. The van der Waals surface area contributed by atoms with Gasteiger partial charge < -0.3 is 9.84 Å². The molecule has 82 valence electrons. The smallest absolute Gasteiger partial charge is 0.358 e. The van der Waals surface area contributed by atoms with Crippen molar-refractivity contribution in [1.29, 1.82) is 0 Å². The third kappa shape index (κ3) is 2.07. The molecule has 1 aromatic rings. The van der Waals surface area contributed by atoms with Crippen LogP contribution in [0.5, 0.6) is 5.88 Å². The summed E-state index contributed by atoms with van der Waals surface area (Å²) in [6.45, 7) is 0.582. The van der Waals surface area contributed by atoms with Gasteiger partial charge in [-0.25, -0.2) is 9.48 Å². The van der Waals surface area contributed by atoms with E-state index in [0.29, 0.717) is 18.4 Å². The first-order valence-electron chi connectivity index (χ1n) is 4.68. The maximum atomic E-state index is 10.7. The van der Waals surface area contributed by atoms with Crippen LogP contribution in [-0.2, 0) is 7.05 Å². The minimum Gasteiger partial charge on any atom is -0.476 e. The predicted molar refractivity (Wildman–Crippen MR) is 53.4 cm³/mol. The number of aromatic carboxylic acids is 1. The average Bonchev–Trinajstić information content (AvgIpc) is 2.93. The maximum Gasteiger partial charge on any atom is 0.358 e. The van der Waals surface area contributed by atoms with Gasteiger partial charge in [-0.15, -0.1) is 0 Å². The van der Waals surface area contributed by atoms with Crippen LogP contribution in [0.3, 0.4) is 0 Å². The Labute approximate surface area is 91.6 Å². The van der Waals surface area contributed by atoms with Crippen molar-refractivity contribution in [2.75, 3.05) is 6.61 Å². The molecule has 0 atom stereocenters. The number of ether oxygens (including phenoxy) is 1. The molecule has 1 N–H and O–H groups in total. The molecular formula is C9H11ClN2O3. The number of hydrogen-bond acceptors (Lipinski definition) is 3. The lowest BCUT2D eigenvalue weighted by atomic mass is 10.4. The van der Waals surface area contributed by atoms with Crippen molar-refractivity contribution >= 4 is 17.6 Å². The third-order valence-corrected chi connectivity index (χ3v) is 2.64. The SMILES string of the molecule is Cn1nc(C(=O)O)c(Cl)c1OCC1CC1. The van der Waals surface area contributed by atoms with Gasteiger partial charge in [0.05, 0.1) is 6.61 Å². The zero-order chi connectivity index (χ0) is 11.0. The van der Waals surface area contributed by atoms with Crippen LogP contribution in [-0.4, -0.2) is 27.5 Å². The Bertz CT molecular complexity index is 398. The van der Waals surface area contributed by atoms with E-state index in [-0.39, 0.29) is 10.7 Å². The predicted octanol–water partition coefficient (Wildman–Crippen LogP) is 1.56. The van der Waals surface area contributed by atoms with E-state index in [9.17, 15) is 4.79 Å². The van der Waals surface area contributed by atoms with Gasteiger partial charge in [0, 0.05) is 7.05 Å². The molecule has 1 aliphatic rings. The monoisotopic (exact) mass is 230 g/mol. The Morgan fingerprint density at radius 2 is 2.40 bits per heavy atom. The summed E-state index contributed by atoms with van der Waals surface area (Å²) in [5.74, 6) is -0.220. The molecule has 0 spiro atoms. The lowest BCUT2D eigenvalue weighted by Crippen LogP contribution is -2.04. The summed E-state index contributed by atoms with van der Waals surface area (Å²) in [5, 5.41) is 12.6. The van der Waals surface area contributed by atoms with Crippen LogP contribution in [0.25, 0.3) is 0 Å². The summed E-state index contributed by atoms with van der Waals surface area (Å²) in [5.41, 5.74) is -0.162. The normalized spacial score (nSPS) is 15.3. The van der Waals surface area contributed by atoms with Gasteiger partial charge in [0.1, 0.15) is 5.02 Å². The van der Waals surface area contributed by atoms with Crippen LogP contribution in [0.1, 0.15) is 23.3 Å². The fourth-order valence-electron chi connectivity index (χ4n) is 1.26. The molecule has 0 unspecified atom stereocenters. The summed E-state index contributed by atoms with van der Waals surface area (Å²) in [4.78, 5) is 10.7. The largest absolute Gasteiger partial charge is 0.476 e. The topological polar surface area (TPSA) is 64.4 Å². The van der Waals surface area contributed by atoms with Gasteiger partial charge in [-0.1, -0.05) is 11.6 Å². The molecule has 0 bridgehead atoms. The van der Waals surface area contributed by atoms with E-state index in [1.165, 1.54) is 17.5 Å². The number of halogens is 1.